The number of hydrogen-bond acceptors (Lipinski definition) is 3. The maximum Gasteiger partial charge on any atom is 0.256 e. The van der Waals surface area contributed by atoms with Crippen molar-refractivity contribution in [2.75, 3.05) is 5.32 Å². The number of benzene rings is 4. The quantitative estimate of drug-likeness (QED) is 0.299. The second-order valence-corrected chi connectivity index (χ2v) is 8.93. The molecule has 5 aromatic rings. The zero-order valence-electron chi connectivity index (χ0n) is 18.6. The van der Waals surface area contributed by atoms with Crippen LogP contribution in [0.25, 0.3) is 33.3 Å². The number of anilines is 1. The predicted molar refractivity (Wildman–Crippen MR) is 135 cm³/mol. The lowest BCUT2D eigenvalue weighted by Crippen LogP contribution is -2.13. The van der Waals surface area contributed by atoms with Gasteiger partial charge in [-0.25, -0.2) is 4.98 Å². The standard InChI is InChI=1S/C28H23ClN2O2/c1-16(2)18-12-13-26-25(14-18)31-28(33-26)19-11-10-17(3)24(15-19)30-27(32)22-8-4-7-21-20(22)6-5-9-23(21)29/h4-16H,1-3H3,(H,30,32). The van der Waals surface area contributed by atoms with Gasteiger partial charge >= 0.3 is 0 Å². The van der Waals surface area contributed by atoms with Gasteiger partial charge in [0.1, 0.15) is 5.52 Å². The Morgan fingerprint density at radius 2 is 1.76 bits per heavy atom. The molecule has 0 unspecified atom stereocenters. The number of carbonyl (C=O) groups excluding carboxylic acids is 1. The number of nitrogens with one attached hydrogen (secondary N) is 1. The molecule has 0 atom stereocenters. The fourth-order valence-electron chi connectivity index (χ4n) is 3.98. The van der Waals surface area contributed by atoms with Gasteiger partial charge in [-0.3, -0.25) is 4.79 Å². The molecule has 0 aliphatic heterocycles. The second-order valence-electron chi connectivity index (χ2n) is 8.53. The van der Waals surface area contributed by atoms with Gasteiger partial charge in [-0.2, -0.15) is 0 Å². The minimum absolute atomic E-state index is 0.192. The van der Waals surface area contributed by atoms with Gasteiger partial charge in [0.05, 0.1) is 0 Å². The number of hydrogen-bond donors (Lipinski definition) is 1. The highest BCUT2D eigenvalue weighted by atomic mass is 35.5. The van der Waals surface area contributed by atoms with Crippen molar-refractivity contribution in [1.82, 2.24) is 4.98 Å². The van der Waals surface area contributed by atoms with E-state index in [4.69, 9.17) is 21.0 Å². The van der Waals surface area contributed by atoms with Crippen molar-refractivity contribution in [3.05, 3.63) is 94.5 Å². The Morgan fingerprint density at radius 3 is 2.58 bits per heavy atom. The van der Waals surface area contributed by atoms with E-state index < -0.39 is 0 Å². The molecule has 0 aliphatic rings. The topological polar surface area (TPSA) is 55.1 Å². The Hall–Kier alpha value is -3.63. The molecule has 1 heterocycles. The number of amides is 1. The van der Waals surface area contributed by atoms with Crippen LogP contribution in [0.1, 0.15) is 41.3 Å². The van der Waals surface area contributed by atoms with Gasteiger partial charge in [0.25, 0.3) is 5.91 Å². The number of halogens is 1. The first-order valence-corrected chi connectivity index (χ1v) is 11.3. The Balaban J connectivity index is 1.49. The number of nitrogens with zero attached hydrogens (tertiary/aromatic N) is 1. The Labute approximate surface area is 197 Å². The van der Waals surface area contributed by atoms with Crippen molar-refractivity contribution < 1.29 is 9.21 Å². The van der Waals surface area contributed by atoms with Gasteiger partial charge < -0.3 is 9.73 Å². The lowest BCUT2D eigenvalue weighted by Gasteiger charge is -2.12. The molecule has 0 aliphatic carbocycles. The lowest BCUT2D eigenvalue weighted by molar-refractivity contribution is 0.102. The molecule has 1 amide bonds. The molecule has 33 heavy (non-hydrogen) atoms. The molecule has 0 fully saturated rings. The van der Waals surface area contributed by atoms with Crippen molar-refractivity contribution in [2.24, 2.45) is 0 Å². The third kappa shape index (κ3) is 3.98. The van der Waals surface area contributed by atoms with Crippen LogP contribution >= 0.6 is 11.6 Å². The molecule has 0 saturated heterocycles. The molecule has 1 aromatic heterocycles. The smallest absolute Gasteiger partial charge is 0.256 e. The SMILES string of the molecule is Cc1ccc(-c2nc3cc(C(C)C)ccc3o2)cc1NC(=O)c1cccc2c(Cl)cccc12. The summed E-state index contributed by atoms with van der Waals surface area (Å²) in [6.45, 7) is 6.27. The molecule has 164 valence electrons. The highest BCUT2D eigenvalue weighted by molar-refractivity contribution is 6.36. The molecule has 5 heteroatoms. The number of aromatic nitrogens is 1. The van der Waals surface area contributed by atoms with Gasteiger partial charge in [-0.05, 0) is 65.8 Å². The molecule has 0 bridgehead atoms. The Morgan fingerprint density at radius 1 is 0.970 bits per heavy atom. The van der Waals surface area contributed by atoms with Crippen LogP contribution in [0.15, 0.2) is 77.2 Å². The first kappa shape index (κ1) is 21.2. The van der Waals surface area contributed by atoms with E-state index in [0.29, 0.717) is 28.1 Å². The third-order valence-corrected chi connectivity index (χ3v) is 6.25. The number of aryl methyl sites for hydroxylation is 1. The van der Waals surface area contributed by atoms with E-state index in [1.165, 1.54) is 5.56 Å². The average molecular weight is 455 g/mol. The van der Waals surface area contributed by atoms with Gasteiger partial charge in [0.15, 0.2) is 5.58 Å². The molecule has 1 N–H and O–H groups in total. The third-order valence-electron chi connectivity index (χ3n) is 5.92. The summed E-state index contributed by atoms with van der Waals surface area (Å²) in [5.74, 6) is 0.750. The number of fused-ring (bicyclic) bond motifs is 2. The zero-order valence-corrected chi connectivity index (χ0v) is 19.4. The zero-order chi connectivity index (χ0) is 23.1. The van der Waals surface area contributed by atoms with E-state index in [9.17, 15) is 4.79 Å². The highest BCUT2D eigenvalue weighted by Gasteiger charge is 2.15. The summed E-state index contributed by atoms with van der Waals surface area (Å²) < 4.78 is 6.01. The van der Waals surface area contributed by atoms with Crippen molar-refractivity contribution in [1.29, 1.82) is 0 Å². The second kappa shape index (κ2) is 8.38. The lowest BCUT2D eigenvalue weighted by atomic mass is 10.0. The summed E-state index contributed by atoms with van der Waals surface area (Å²) in [5.41, 5.74) is 5.82. The van der Waals surface area contributed by atoms with Crippen LogP contribution in [0.3, 0.4) is 0 Å². The van der Waals surface area contributed by atoms with Crippen molar-refractivity contribution >= 4 is 45.1 Å². The van der Waals surface area contributed by atoms with Gasteiger partial charge in [0, 0.05) is 27.2 Å². The number of rotatable bonds is 4. The molecule has 4 nitrogen and oxygen atoms in total. The van der Waals surface area contributed by atoms with Gasteiger partial charge in [0.2, 0.25) is 5.89 Å². The summed E-state index contributed by atoms with van der Waals surface area (Å²) in [4.78, 5) is 17.9. The first-order valence-electron chi connectivity index (χ1n) is 10.9. The molecule has 0 spiro atoms. The summed E-state index contributed by atoms with van der Waals surface area (Å²) in [6, 6.07) is 23.1. The molecular formula is C28H23ClN2O2. The van der Waals surface area contributed by atoms with Crippen molar-refractivity contribution in [3.63, 3.8) is 0 Å². The van der Waals surface area contributed by atoms with E-state index in [1.807, 2.05) is 61.5 Å². The van der Waals surface area contributed by atoms with Crippen LogP contribution in [0.4, 0.5) is 5.69 Å². The first-order chi connectivity index (χ1) is 15.9. The van der Waals surface area contributed by atoms with Gasteiger partial charge in [-0.1, -0.05) is 61.8 Å². The fraction of sp³-hybridized carbons (Fsp3) is 0.143. The van der Waals surface area contributed by atoms with Crippen LogP contribution < -0.4 is 5.32 Å². The summed E-state index contributed by atoms with van der Waals surface area (Å²) in [7, 11) is 0. The average Bonchev–Trinajstić information content (AvgIpc) is 3.24. The monoisotopic (exact) mass is 454 g/mol. The predicted octanol–water partition coefficient (Wildman–Crippen LogP) is 7.99. The van der Waals surface area contributed by atoms with E-state index in [0.717, 1.165) is 33.0 Å². The summed E-state index contributed by atoms with van der Waals surface area (Å²) >= 11 is 6.32. The number of carbonyl (C=O) groups is 1. The van der Waals surface area contributed by atoms with E-state index in [1.54, 1.807) is 6.07 Å². The maximum absolute atomic E-state index is 13.2. The summed E-state index contributed by atoms with van der Waals surface area (Å²) in [6.07, 6.45) is 0. The van der Waals surface area contributed by atoms with E-state index in [2.05, 4.69) is 31.3 Å². The van der Waals surface area contributed by atoms with Crippen molar-refractivity contribution in [3.8, 4) is 11.5 Å². The Bertz CT molecular complexity index is 1520. The highest BCUT2D eigenvalue weighted by Crippen LogP contribution is 2.31. The number of oxazole rings is 1. The molecule has 4 aromatic carbocycles. The summed E-state index contributed by atoms with van der Waals surface area (Å²) in [5, 5.41) is 5.34. The van der Waals surface area contributed by atoms with Gasteiger partial charge in [-0.15, -0.1) is 0 Å². The maximum atomic E-state index is 13.2. The van der Waals surface area contributed by atoms with Crippen molar-refractivity contribution in [2.45, 2.75) is 26.7 Å². The minimum Gasteiger partial charge on any atom is -0.436 e. The van der Waals surface area contributed by atoms with Crippen LogP contribution in [0.5, 0.6) is 0 Å². The molecule has 0 saturated carbocycles. The molecular weight excluding hydrogens is 432 g/mol. The molecule has 5 rings (SSSR count). The van der Waals surface area contributed by atoms with Crippen LogP contribution in [0.2, 0.25) is 5.02 Å². The van der Waals surface area contributed by atoms with E-state index >= 15 is 0 Å². The fourth-order valence-corrected chi connectivity index (χ4v) is 4.21. The Kier molecular flexibility index (Phi) is 5.39. The largest absolute Gasteiger partial charge is 0.436 e. The van der Waals surface area contributed by atoms with Crippen LogP contribution in [0, 0.1) is 6.92 Å². The minimum atomic E-state index is -0.192. The normalized spacial score (nSPS) is 11.4. The molecule has 0 radical (unpaired) electrons. The van der Waals surface area contributed by atoms with E-state index in [-0.39, 0.29) is 5.91 Å². The van der Waals surface area contributed by atoms with Crippen LogP contribution in [-0.2, 0) is 0 Å². The van der Waals surface area contributed by atoms with Crippen LogP contribution in [-0.4, -0.2) is 10.9 Å².